The lowest BCUT2D eigenvalue weighted by Crippen LogP contribution is -2.40. The number of rotatable bonds is 6. The maximum Gasteiger partial charge on any atom is 0.410 e. The number of nitrogens with zero attached hydrogens (tertiary/aromatic N) is 3. The second-order valence-corrected chi connectivity index (χ2v) is 5.67. The summed E-state index contributed by atoms with van der Waals surface area (Å²) in [6.45, 7) is 6.01. The van der Waals surface area contributed by atoms with E-state index < -0.39 is 17.7 Å². The Morgan fingerprint density at radius 2 is 2.05 bits per heavy atom. The van der Waals surface area contributed by atoms with E-state index in [1.165, 1.54) is 29.1 Å². The predicted octanol–water partition coefficient (Wildman–Crippen LogP) is 0.899. The average Bonchev–Trinajstić information content (AvgIpc) is 2.89. The molecule has 0 spiro atoms. The third-order valence-electron chi connectivity index (χ3n) is 2.67. The van der Waals surface area contributed by atoms with Gasteiger partial charge in [-0.05, 0) is 20.8 Å². The zero-order valence-electron chi connectivity index (χ0n) is 13.4. The third kappa shape index (κ3) is 5.72. The fraction of sp³-hybridized carbons (Fsp3) is 0.643. The quantitative estimate of drug-likeness (QED) is 0.784. The summed E-state index contributed by atoms with van der Waals surface area (Å²) in [5.74, 6) is -0.467. The standard InChI is InChI=1S/C14H23N3O5/c1-14(2,3)22-13(20)16(7-8-18)5-6-17-10-11(9-15-17)12(19)21-4/h9-10,18H,5-8H2,1-4H3. The van der Waals surface area contributed by atoms with E-state index in [2.05, 4.69) is 9.84 Å². The van der Waals surface area contributed by atoms with Crippen molar-refractivity contribution in [2.24, 2.45) is 0 Å². The summed E-state index contributed by atoms with van der Waals surface area (Å²) in [6, 6.07) is 0. The van der Waals surface area contributed by atoms with Crippen LogP contribution in [-0.2, 0) is 16.0 Å². The van der Waals surface area contributed by atoms with Gasteiger partial charge in [-0.1, -0.05) is 0 Å². The van der Waals surface area contributed by atoms with E-state index in [9.17, 15) is 9.59 Å². The van der Waals surface area contributed by atoms with Gasteiger partial charge in [0, 0.05) is 19.3 Å². The number of aliphatic hydroxyl groups excluding tert-OH is 1. The number of carbonyl (C=O) groups excluding carboxylic acids is 2. The summed E-state index contributed by atoms with van der Waals surface area (Å²) in [5, 5.41) is 13.1. The molecule has 0 saturated heterocycles. The first-order valence-corrected chi connectivity index (χ1v) is 6.96. The van der Waals surface area contributed by atoms with Gasteiger partial charge in [-0.3, -0.25) is 4.68 Å². The number of ether oxygens (including phenoxy) is 2. The lowest BCUT2D eigenvalue weighted by Gasteiger charge is -2.26. The maximum atomic E-state index is 12.0. The predicted molar refractivity (Wildman–Crippen MR) is 78.5 cm³/mol. The van der Waals surface area contributed by atoms with Gasteiger partial charge < -0.3 is 19.5 Å². The van der Waals surface area contributed by atoms with Gasteiger partial charge in [0.25, 0.3) is 0 Å². The first-order valence-electron chi connectivity index (χ1n) is 6.96. The second-order valence-electron chi connectivity index (χ2n) is 5.67. The van der Waals surface area contributed by atoms with Crippen molar-refractivity contribution in [3.05, 3.63) is 18.0 Å². The molecule has 0 aliphatic carbocycles. The minimum Gasteiger partial charge on any atom is -0.465 e. The van der Waals surface area contributed by atoms with Crippen molar-refractivity contribution in [1.82, 2.24) is 14.7 Å². The van der Waals surface area contributed by atoms with E-state index in [1.807, 2.05) is 0 Å². The molecule has 0 aromatic carbocycles. The van der Waals surface area contributed by atoms with Gasteiger partial charge in [0.15, 0.2) is 0 Å². The van der Waals surface area contributed by atoms with Crippen molar-refractivity contribution in [2.45, 2.75) is 32.9 Å². The Labute approximate surface area is 129 Å². The van der Waals surface area contributed by atoms with Crippen LogP contribution in [0.1, 0.15) is 31.1 Å². The van der Waals surface area contributed by atoms with Crippen LogP contribution in [0.2, 0.25) is 0 Å². The molecule has 1 amide bonds. The van der Waals surface area contributed by atoms with Crippen LogP contribution in [0.15, 0.2) is 12.4 Å². The van der Waals surface area contributed by atoms with Crippen LogP contribution < -0.4 is 0 Å². The molecule has 0 saturated carbocycles. The molecule has 8 heteroatoms. The summed E-state index contributed by atoms with van der Waals surface area (Å²) in [7, 11) is 1.30. The molecule has 1 rings (SSSR count). The number of carbonyl (C=O) groups is 2. The third-order valence-corrected chi connectivity index (χ3v) is 2.67. The smallest absolute Gasteiger partial charge is 0.410 e. The van der Waals surface area contributed by atoms with Gasteiger partial charge in [-0.15, -0.1) is 0 Å². The molecule has 1 aromatic rings. The fourth-order valence-electron chi connectivity index (χ4n) is 1.67. The zero-order valence-corrected chi connectivity index (χ0v) is 13.4. The summed E-state index contributed by atoms with van der Waals surface area (Å²) >= 11 is 0. The molecule has 0 radical (unpaired) electrons. The molecule has 1 N–H and O–H groups in total. The molecule has 124 valence electrons. The molecular formula is C14H23N3O5. The number of amides is 1. The Hall–Kier alpha value is -2.09. The number of hydrogen-bond donors (Lipinski definition) is 1. The highest BCUT2D eigenvalue weighted by molar-refractivity contribution is 5.88. The number of hydrogen-bond acceptors (Lipinski definition) is 6. The van der Waals surface area contributed by atoms with E-state index in [-0.39, 0.29) is 13.2 Å². The zero-order chi connectivity index (χ0) is 16.8. The summed E-state index contributed by atoms with van der Waals surface area (Å²) < 4.78 is 11.4. The molecule has 0 bridgehead atoms. The minimum atomic E-state index is -0.603. The monoisotopic (exact) mass is 313 g/mol. The lowest BCUT2D eigenvalue weighted by molar-refractivity contribution is 0.0210. The number of aromatic nitrogens is 2. The van der Waals surface area contributed by atoms with Gasteiger partial charge in [-0.2, -0.15) is 5.10 Å². The topological polar surface area (TPSA) is 93.9 Å². The van der Waals surface area contributed by atoms with E-state index in [1.54, 1.807) is 20.8 Å². The van der Waals surface area contributed by atoms with Gasteiger partial charge in [0.2, 0.25) is 0 Å². The molecule has 0 unspecified atom stereocenters. The minimum absolute atomic E-state index is 0.161. The van der Waals surface area contributed by atoms with E-state index in [0.29, 0.717) is 18.7 Å². The number of aliphatic hydroxyl groups is 1. The Morgan fingerprint density at radius 1 is 1.36 bits per heavy atom. The van der Waals surface area contributed by atoms with Crippen LogP contribution in [0.5, 0.6) is 0 Å². The van der Waals surface area contributed by atoms with Crippen molar-refractivity contribution in [2.75, 3.05) is 26.8 Å². The Bertz CT molecular complexity index is 507. The van der Waals surface area contributed by atoms with Crippen molar-refractivity contribution in [3.8, 4) is 0 Å². The van der Waals surface area contributed by atoms with Crippen molar-refractivity contribution in [3.63, 3.8) is 0 Å². The Morgan fingerprint density at radius 3 is 2.59 bits per heavy atom. The molecule has 0 atom stereocenters. The molecule has 1 aromatic heterocycles. The SMILES string of the molecule is COC(=O)c1cnn(CCN(CCO)C(=O)OC(C)(C)C)c1. The first kappa shape index (κ1) is 18.0. The second kappa shape index (κ2) is 7.79. The highest BCUT2D eigenvalue weighted by atomic mass is 16.6. The summed E-state index contributed by atoms with van der Waals surface area (Å²) in [6.07, 6.45) is 2.44. The number of esters is 1. The molecule has 0 aliphatic heterocycles. The Kier molecular flexibility index (Phi) is 6.36. The first-order chi connectivity index (χ1) is 10.3. The van der Waals surface area contributed by atoms with Crippen molar-refractivity contribution in [1.29, 1.82) is 0 Å². The molecule has 22 heavy (non-hydrogen) atoms. The van der Waals surface area contributed by atoms with Crippen LogP contribution in [0.4, 0.5) is 4.79 Å². The fourth-order valence-corrected chi connectivity index (χ4v) is 1.67. The number of methoxy groups -OCH3 is 1. The van der Waals surface area contributed by atoms with E-state index in [4.69, 9.17) is 9.84 Å². The van der Waals surface area contributed by atoms with Gasteiger partial charge >= 0.3 is 12.1 Å². The van der Waals surface area contributed by atoms with Crippen molar-refractivity contribution < 1.29 is 24.2 Å². The Balaban J connectivity index is 2.62. The van der Waals surface area contributed by atoms with Gasteiger partial charge in [-0.25, -0.2) is 9.59 Å². The largest absolute Gasteiger partial charge is 0.465 e. The molecule has 1 heterocycles. The maximum absolute atomic E-state index is 12.0. The van der Waals surface area contributed by atoms with Crippen LogP contribution in [0, 0.1) is 0 Å². The van der Waals surface area contributed by atoms with Gasteiger partial charge in [0.05, 0.1) is 32.0 Å². The van der Waals surface area contributed by atoms with Crippen LogP contribution in [-0.4, -0.2) is 64.3 Å². The molecule has 8 nitrogen and oxygen atoms in total. The highest BCUT2D eigenvalue weighted by Crippen LogP contribution is 2.10. The summed E-state index contributed by atoms with van der Waals surface area (Å²) in [5.41, 5.74) is -0.261. The lowest BCUT2D eigenvalue weighted by atomic mass is 10.2. The van der Waals surface area contributed by atoms with E-state index in [0.717, 1.165) is 0 Å². The van der Waals surface area contributed by atoms with Crippen molar-refractivity contribution >= 4 is 12.1 Å². The molecular weight excluding hydrogens is 290 g/mol. The van der Waals surface area contributed by atoms with E-state index >= 15 is 0 Å². The normalized spacial score (nSPS) is 11.1. The highest BCUT2D eigenvalue weighted by Gasteiger charge is 2.21. The van der Waals surface area contributed by atoms with Crippen LogP contribution in [0.3, 0.4) is 0 Å². The van der Waals surface area contributed by atoms with Gasteiger partial charge in [0.1, 0.15) is 5.60 Å². The molecule has 0 fully saturated rings. The van der Waals surface area contributed by atoms with Crippen LogP contribution in [0.25, 0.3) is 0 Å². The molecule has 0 aliphatic rings. The van der Waals surface area contributed by atoms with Crippen LogP contribution >= 0.6 is 0 Å². The summed E-state index contributed by atoms with van der Waals surface area (Å²) in [4.78, 5) is 24.8. The average molecular weight is 313 g/mol.